The Balaban J connectivity index is 2.12. The Bertz CT molecular complexity index is 527. The summed E-state index contributed by atoms with van der Waals surface area (Å²) in [5.74, 6) is 0. The van der Waals surface area contributed by atoms with Crippen molar-refractivity contribution in [2.45, 2.75) is 0 Å². The summed E-state index contributed by atoms with van der Waals surface area (Å²) in [6.07, 6.45) is 4.78. The molecule has 19 heavy (non-hydrogen) atoms. The third-order valence-corrected chi connectivity index (χ3v) is 2.86. The third kappa shape index (κ3) is 2.47. The highest BCUT2D eigenvalue weighted by molar-refractivity contribution is 5.75. The molecule has 0 saturated carbocycles. The summed E-state index contributed by atoms with van der Waals surface area (Å²) in [4.78, 5) is 6.22. The van der Waals surface area contributed by atoms with E-state index < -0.39 is 0 Å². The summed E-state index contributed by atoms with van der Waals surface area (Å²) in [6.45, 7) is 0. The first-order valence-electron chi connectivity index (χ1n) is 6.18. The lowest BCUT2D eigenvalue weighted by atomic mass is 10.2. The van der Waals surface area contributed by atoms with Gasteiger partial charge in [0, 0.05) is 17.6 Å². The van der Waals surface area contributed by atoms with Gasteiger partial charge in [-0.05, 0) is 36.4 Å². The lowest BCUT2D eigenvalue weighted by Crippen LogP contribution is -2.09. The van der Waals surface area contributed by atoms with E-state index in [1.165, 1.54) is 0 Å². The molecule has 91 valence electrons. The Morgan fingerprint density at radius 2 is 1.26 bits per heavy atom. The zero-order chi connectivity index (χ0) is 12.9. The molecule has 0 spiro atoms. The van der Waals surface area contributed by atoms with E-state index in [9.17, 15) is 0 Å². The average Bonchev–Trinajstić information content (AvgIpc) is 2.51. The van der Waals surface area contributed by atoms with Gasteiger partial charge in [0.1, 0.15) is 6.20 Å². The van der Waals surface area contributed by atoms with Crippen LogP contribution < -0.4 is 4.90 Å². The summed E-state index contributed by atoms with van der Waals surface area (Å²) in [5, 5.41) is 0. The molecule has 0 bridgehead atoms. The molecule has 2 heteroatoms. The molecule has 2 nitrogen and oxygen atoms in total. The van der Waals surface area contributed by atoms with Crippen molar-refractivity contribution in [3.8, 4) is 0 Å². The van der Waals surface area contributed by atoms with Crippen molar-refractivity contribution in [2.24, 2.45) is 0 Å². The minimum atomic E-state index is 0.930. The summed E-state index contributed by atoms with van der Waals surface area (Å²) in [7, 11) is 0. The molecule has 0 amide bonds. The van der Waals surface area contributed by atoms with Crippen LogP contribution in [0.4, 0.5) is 17.1 Å². The Kier molecular flexibility index (Phi) is 3.24. The van der Waals surface area contributed by atoms with Crippen molar-refractivity contribution >= 4 is 17.1 Å². The van der Waals surface area contributed by atoms with Crippen LogP contribution in [0.3, 0.4) is 0 Å². The van der Waals surface area contributed by atoms with Gasteiger partial charge in [0.15, 0.2) is 0 Å². The van der Waals surface area contributed by atoms with Crippen molar-refractivity contribution in [1.29, 1.82) is 0 Å². The van der Waals surface area contributed by atoms with E-state index in [1.54, 1.807) is 6.20 Å². The minimum absolute atomic E-state index is 0.930. The van der Waals surface area contributed by atoms with Crippen LogP contribution in [-0.4, -0.2) is 4.98 Å². The van der Waals surface area contributed by atoms with Crippen LogP contribution in [0.15, 0.2) is 79.0 Å². The second-order valence-electron chi connectivity index (χ2n) is 4.14. The molecule has 0 unspecified atom stereocenters. The van der Waals surface area contributed by atoms with E-state index >= 15 is 0 Å². The number of hydrogen-bond donors (Lipinski definition) is 0. The lowest BCUT2D eigenvalue weighted by molar-refractivity contribution is 1.22. The first-order chi connectivity index (χ1) is 9.45. The maximum absolute atomic E-state index is 4.09. The predicted octanol–water partition coefficient (Wildman–Crippen LogP) is 4.35. The van der Waals surface area contributed by atoms with E-state index in [-0.39, 0.29) is 0 Å². The number of benzene rings is 2. The number of rotatable bonds is 3. The van der Waals surface area contributed by atoms with Crippen LogP contribution in [0.5, 0.6) is 0 Å². The van der Waals surface area contributed by atoms with Crippen molar-refractivity contribution in [3.05, 3.63) is 85.2 Å². The second-order valence-corrected chi connectivity index (χ2v) is 4.14. The van der Waals surface area contributed by atoms with Crippen molar-refractivity contribution in [1.82, 2.24) is 4.98 Å². The molecule has 0 aliphatic carbocycles. The van der Waals surface area contributed by atoms with E-state index in [2.05, 4.69) is 40.3 Å². The molecule has 0 N–H and O–H groups in total. The molecular formula is C17H13N2. The van der Waals surface area contributed by atoms with E-state index in [0.717, 1.165) is 17.1 Å². The molecule has 0 aliphatic heterocycles. The number of aromatic nitrogens is 1. The topological polar surface area (TPSA) is 16.1 Å². The first kappa shape index (κ1) is 11.5. The Morgan fingerprint density at radius 3 is 1.74 bits per heavy atom. The minimum Gasteiger partial charge on any atom is -0.308 e. The Labute approximate surface area is 113 Å². The highest BCUT2D eigenvalue weighted by Gasteiger charge is 2.11. The van der Waals surface area contributed by atoms with E-state index in [1.807, 2.05) is 48.5 Å². The first-order valence-corrected chi connectivity index (χ1v) is 6.18. The maximum Gasteiger partial charge on any atom is 0.115 e. The third-order valence-electron chi connectivity index (χ3n) is 2.86. The number of pyridine rings is 1. The SMILES string of the molecule is [c]1ncccc1N(c1ccccc1)c1ccccc1. The van der Waals surface area contributed by atoms with Gasteiger partial charge in [-0.25, -0.2) is 0 Å². The van der Waals surface area contributed by atoms with Gasteiger partial charge in [-0.15, -0.1) is 0 Å². The molecular weight excluding hydrogens is 232 g/mol. The Morgan fingerprint density at radius 1 is 0.684 bits per heavy atom. The monoisotopic (exact) mass is 245 g/mol. The van der Waals surface area contributed by atoms with Crippen LogP contribution in [0.2, 0.25) is 0 Å². The fourth-order valence-electron chi connectivity index (χ4n) is 2.02. The van der Waals surface area contributed by atoms with Crippen LogP contribution in [0.25, 0.3) is 0 Å². The molecule has 0 aliphatic rings. The lowest BCUT2D eigenvalue weighted by Gasteiger charge is -2.24. The van der Waals surface area contributed by atoms with Gasteiger partial charge in [-0.2, -0.15) is 0 Å². The molecule has 2 aromatic carbocycles. The molecule has 0 atom stereocenters. The quantitative estimate of drug-likeness (QED) is 0.682. The smallest absolute Gasteiger partial charge is 0.115 e. The van der Waals surface area contributed by atoms with Crippen LogP contribution in [0, 0.1) is 6.20 Å². The largest absolute Gasteiger partial charge is 0.308 e. The molecule has 3 rings (SSSR count). The molecule has 1 heterocycles. The van der Waals surface area contributed by atoms with Gasteiger partial charge in [0.2, 0.25) is 0 Å². The van der Waals surface area contributed by atoms with Gasteiger partial charge in [0.05, 0.1) is 5.69 Å². The number of hydrogen-bond acceptors (Lipinski definition) is 2. The molecule has 3 aromatic rings. The summed E-state index contributed by atoms with van der Waals surface area (Å²) >= 11 is 0. The van der Waals surface area contributed by atoms with Gasteiger partial charge >= 0.3 is 0 Å². The molecule has 1 radical (unpaired) electrons. The van der Waals surface area contributed by atoms with E-state index in [4.69, 9.17) is 0 Å². The highest BCUT2D eigenvalue weighted by Crippen LogP contribution is 2.32. The normalized spacial score (nSPS) is 10.1. The molecule has 0 fully saturated rings. The molecule has 0 saturated heterocycles. The van der Waals surface area contributed by atoms with Gasteiger partial charge in [0.25, 0.3) is 0 Å². The van der Waals surface area contributed by atoms with Crippen LogP contribution in [0.1, 0.15) is 0 Å². The number of para-hydroxylation sites is 2. The van der Waals surface area contributed by atoms with Crippen molar-refractivity contribution in [2.75, 3.05) is 4.90 Å². The second kappa shape index (κ2) is 5.36. The van der Waals surface area contributed by atoms with E-state index in [0.29, 0.717) is 0 Å². The van der Waals surface area contributed by atoms with Crippen molar-refractivity contribution in [3.63, 3.8) is 0 Å². The summed E-state index contributed by atoms with van der Waals surface area (Å²) in [6, 6.07) is 24.4. The molecule has 1 aromatic heterocycles. The fraction of sp³-hybridized carbons (Fsp3) is 0. The highest BCUT2D eigenvalue weighted by atomic mass is 15.1. The van der Waals surface area contributed by atoms with Crippen LogP contribution >= 0.6 is 0 Å². The predicted molar refractivity (Wildman–Crippen MR) is 77.8 cm³/mol. The van der Waals surface area contributed by atoms with Gasteiger partial charge in [-0.1, -0.05) is 36.4 Å². The standard InChI is InChI=1S/C17H13N2/c1-3-8-15(9-4-1)19(16-10-5-2-6-11-16)17-12-7-13-18-14-17/h1-13H. The Hall–Kier alpha value is -2.61. The summed E-state index contributed by atoms with van der Waals surface area (Å²) in [5.41, 5.74) is 3.12. The number of anilines is 3. The summed E-state index contributed by atoms with van der Waals surface area (Å²) < 4.78 is 0. The maximum atomic E-state index is 4.09. The van der Waals surface area contributed by atoms with Crippen molar-refractivity contribution < 1.29 is 0 Å². The van der Waals surface area contributed by atoms with Gasteiger partial charge < -0.3 is 4.90 Å². The zero-order valence-electron chi connectivity index (χ0n) is 10.4. The number of nitrogens with zero attached hydrogens (tertiary/aromatic N) is 2. The zero-order valence-corrected chi connectivity index (χ0v) is 10.4. The van der Waals surface area contributed by atoms with Crippen LogP contribution in [-0.2, 0) is 0 Å². The average molecular weight is 245 g/mol. The fourth-order valence-corrected chi connectivity index (χ4v) is 2.02. The van der Waals surface area contributed by atoms with Gasteiger partial charge in [-0.3, -0.25) is 4.98 Å².